The predicted octanol–water partition coefficient (Wildman–Crippen LogP) is 2.89. The van der Waals surface area contributed by atoms with E-state index in [1.807, 2.05) is 0 Å². The highest BCUT2D eigenvalue weighted by atomic mass is 15.1. The van der Waals surface area contributed by atoms with Gasteiger partial charge in [-0.3, -0.25) is 0 Å². The van der Waals surface area contributed by atoms with E-state index in [2.05, 4.69) is 24.1 Å². The van der Waals surface area contributed by atoms with Gasteiger partial charge < -0.3 is 10.2 Å². The zero-order chi connectivity index (χ0) is 12.1. The maximum absolute atomic E-state index is 3.70. The Kier molecular flexibility index (Phi) is 5.30. The Bertz CT molecular complexity index is 211. The number of piperidine rings is 1. The first kappa shape index (κ1) is 13.4. The van der Waals surface area contributed by atoms with Crippen LogP contribution in [0.3, 0.4) is 0 Å². The van der Waals surface area contributed by atoms with E-state index in [9.17, 15) is 0 Å². The van der Waals surface area contributed by atoms with Gasteiger partial charge in [0.1, 0.15) is 0 Å². The van der Waals surface area contributed by atoms with E-state index >= 15 is 0 Å². The van der Waals surface area contributed by atoms with E-state index < -0.39 is 0 Å². The molecule has 0 aromatic rings. The second-order valence-electron chi connectivity index (χ2n) is 6.26. The molecule has 0 radical (unpaired) electrons. The average molecular weight is 238 g/mol. The Labute approximate surface area is 107 Å². The maximum Gasteiger partial charge on any atom is 0.0108 e. The van der Waals surface area contributed by atoms with Crippen LogP contribution in [0.1, 0.15) is 52.4 Å². The van der Waals surface area contributed by atoms with Gasteiger partial charge in [-0.1, -0.05) is 20.3 Å². The monoisotopic (exact) mass is 238 g/mol. The van der Waals surface area contributed by atoms with Gasteiger partial charge in [0, 0.05) is 19.1 Å². The van der Waals surface area contributed by atoms with E-state index in [-0.39, 0.29) is 0 Å². The molecule has 2 nitrogen and oxygen atoms in total. The average Bonchev–Trinajstić information content (AvgIpc) is 2.83. The molecule has 2 aliphatic rings. The summed E-state index contributed by atoms with van der Waals surface area (Å²) in [5.74, 6) is 1.82. The summed E-state index contributed by atoms with van der Waals surface area (Å²) >= 11 is 0. The Hall–Kier alpha value is -0.0800. The third-order valence-electron chi connectivity index (χ3n) is 4.56. The molecular weight excluding hydrogens is 208 g/mol. The quantitative estimate of drug-likeness (QED) is 0.792. The molecule has 17 heavy (non-hydrogen) atoms. The smallest absolute Gasteiger partial charge is 0.0108 e. The molecule has 0 aromatic carbocycles. The largest absolute Gasteiger partial charge is 0.314 e. The zero-order valence-corrected chi connectivity index (χ0v) is 11.8. The summed E-state index contributed by atoms with van der Waals surface area (Å²) in [6, 6.07) is 0.833. The fraction of sp³-hybridized carbons (Fsp3) is 1.00. The lowest BCUT2D eigenvalue weighted by atomic mass is 9.89. The Morgan fingerprint density at radius 3 is 2.88 bits per heavy atom. The van der Waals surface area contributed by atoms with Crippen molar-refractivity contribution in [2.45, 2.75) is 58.4 Å². The van der Waals surface area contributed by atoms with Crippen LogP contribution in [0.2, 0.25) is 0 Å². The van der Waals surface area contributed by atoms with Gasteiger partial charge in [0.2, 0.25) is 0 Å². The third-order valence-corrected chi connectivity index (χ3v) is 4.56. The molecule has 2 aliphatic heterocycles. The van der Waals surface area contributed by atoms with Crippen LogP contribution in [0, 0.1) is 11.8 Å². The van der Waals surface area contributed by atoms with E-state index in [1.54, 1.807) is 0 Å². The van der Waals surface area contributed by atoms with Crippen molar-refractivity contribution in [1.29, 1.82) is 0 Å². The lowest BCUT2D eigenvalue weighted by Crippen LogP contribution is -2.44. The number of hydrogen-bond donors (Lipinski definition) is 1. The van der Waals surface area contributed by atoms with Crippen LogP contribution in [0.25, 0.3) is 0 Å². The molecule has 2 saturated heterocycles. The van der Waals surface area contributed by atoms with Crippen molar-refractivity contribution in [2.24, 2.45) is 11.8 Å². The Balaban J connectivity index is 1.75. The molecule has 0 amide bonds. The highest BCUT2D eigenvalue weighted by Crippen LogP contribution is 2.25. The van der Waals surface area contributed by atoms with Crippen LogP contribution >= 0.6 is 0 Å². The van der Waals surface area contributed by atoms with Gasteiger partial charge in [-0.2, -0.15) is 0 Å². The first-order chi connectivity index (χ1) is 8.29. The van der Waals surface area contributed by atoms with Crippen LogP contribution in [0.4, 0.5) is 0 Å². The second kappa shape index (κ2) is 6.75. The van der Waals surface area contributed by atoms with Crippen molar-refractivity contribution < 1.29 is 0 Å². The lowest BCUT2D eigenvalue weighted by molar-refractivity contribution is 0.133. The Morgan fingerprint density at radius 1 is 1.29 bits per heavy atom. The number of likely N-dealkylation sites (tertiary alicyclic amines) is 1. The summed E-state index contributed by atoms with van der Waals surface area (Å²) in [5.41, 5.74) is 0. The summed E-state index contributed by atoms with van der Waals surface area (Å²) in [6.07, 6.45) is 8.42. The van der Waals surface area contributed by atoms with Gasteiger partial charge >= 0.3 is 0 Å². The molecule has 0 saturated carbocycles. The summed E-state index contributed by atoms with van der Waals surface area (Å²) in [5, 5.41) is 3.70. The number of rotatable bonds is 5. The van der Waals surface area contributed by atoms with Crippen LogP contribution in [-0.4, -0.2) is 37.1 Å². The predicted molar refractivity (Wildman–Crippen MR) is 74.3 cm³/mol. The van der Waals surface area contributed by atoms with Crippen molar-refractivity contribution in [3.05, 3.63) is 0 Å². The molecule has 0 bridgehead atoms. The summed E-state index contributed by atoms with van der Waals surface area (Å²) in [6.45, 7) is 10.0. The highest BCUT2D eigenvalue weighted by molar-refractivity contribution is 4.86. The van der Waals surface area contributed by atoms with Crippen LogP contribution in [0.15, 0.2) is 0 Å². The minimum atomic E-state index is 0.833. The maximum atomic E-state index is 3.70. The molecule has 3 unspecified atom stereocenters. The van der Waals surface area contributed by atoms with Crippen LogP contribution in [-0.2, 0) is 0 Å². The minimum absolute atomic E-state index is 0.833. The number of nitrogens with one attached hydrogen (secondary N) is 1. The minimum Gasteiger partial charge on any atom is -0.314 e. The fourth-order valence-corrected chi connectivity index (χ4v) is 3.72. The van der Waals surface area contributed by atoms with Gasteiger partial charge in [-0.25, -0.2) is 0 Å². The fourth-order valence-electron chi connectivity index (χ4n) is 3.72. The van der Waals surface area contributed by atoms with Crippen LogP contribution in [0.5, 0.6) is 0 Å². The van der Waals surface area contributed by atoms with Gasteiger partial charge in [0.15, 0.2) is 0 Å². The molecule has 1 N–H and O–H groups in total. The SMILES string of the molecule is CCCC(C)CN1CCCC(C2CCCN2)C1. The molecule has 0 aromatic heterocycles. The molecule has 2 rings (SSSR count). The highest BCUT2D eigenvalue weighted by Gasteiger charge is 2.29. The van der Waals surface area contributed by atoms with E-state index in [0.29, 0.717) is 0 Å². The first-order valence-corrected chi connectivity index (χ1v) is 7.75. The molecule has 0 aliphatic carbocycles. The van der Waals surface area contributed by atoms with Crippen molar-refractivity contribution in [3.8, 4) is 0 Å². The standard InChI is InChI=1S/C15H30N2/c1-3-6-13(2)11-17-10-5-7-14(12-17)15-8-4-9-16-15/h13-16H,3-12H2,1-2H3. The van der Waals surface area contributed by atoms with Gasteiger partial charge in [0.25, 0.3) is 0 Å². The summed E-state index contributed by atoms with van der Waals surface area (Å²) in [7, 11) is 0. The zero-order valence-electron chi connectivity index (χ0n) is 11.8. The number of nitrogens with zero attached hydrogens (tertiary/aromatic N) is 1. The number of hydrogen-bond acceptors (Lipinski definition) is 2. The molecule has 100 valence electrons. The normalized spacial score (nSPS) is 32.8. The first-order valence-electron chi connectivity index (χ1n) is 7.75. The van der Waals surface area contributed by atoms with E-state index in [0.717, 1.165) is 17.9 Å². The van der Waals surface area contributed by atoms with Gasteiger partial charge in [0.05, 0.1) is 0 Å². The van der Waals surface area contributed by atoms with Crippen LogP contribution < -0.4 is 5.32 Å². The van der Waals surface area contributed by atoms with Crippen molar-refractivity contribution in [3.63, 3.8) is 0 Å². The molecule has 2 heteroatoms. The van der Waals surface area contributed by atoms with E-state index in [1.165, 1.54) is 64.7 Å². The molecule has 2 fully saturated rings. The Morgan fingerprint density at radius 2 is 2.18 bits per heavy atom. The van der Waals surface area contributed by atoms with Crippen molar-refractivity contribution in [2.75, 3.05) is 26.2 Å². The third kappa shape index (κ3) is 3.96. The second-order valence-corrected chi connectivity index (χ2v) is 6.26. The summed E-state index contributed by atoms with van der Waals surface area (Å²) < 4.78 is 0. The van der Waals surface area contributed by atoms with Gasteiger partial charge in [-0.05, 0) is 57.0 Å². The lowest BCUT2D eigenvalue weighted by Gasteiger charge is -2.37. The van der Waals surface area contributed by atoms with E-state index in [4.69, 9.17) is 0 Å². The van der Waals surface area contributed by atoms with Crippen molar-refractivity contribution >= 4 is 0 Å². The molecular formula is C15H30N2. The topological polar surface area (TPSA) is 15.3 Å². The van der Waals surface area contributed by atoms with Gasteiger partial charge in [-0.15, -0.1) is 0 Å². The molecule has 3 atom stereocenters. The van der Waals surface area contributed by atoms with Crippen molar-refractivity contribution in [1.82, 2.24) is 10.2 Å². The summed E-state index contributed by atoms with van der Waals surface area (Å²) in [4.78, 5) is 2.73. The molecule has 2 heterocycles. The molecule has 0 spiro atoms.